The van der Waals surface area contributed by atoms with Crippen LogP contribution in [0.3, 0.4) is 0 Å². The van der Waals surface area contributed by atoms with Crippen LogP contribution in [0.25, 0.3) is 0 Å². The smallest absolute Gasteiger partial charge is 0.178 e. The largest absolute Gasteiger partial charge is 0.224 e. The molecular weight excluding hydrogens is 244 g/mol. The normalized spacial score (nSPS) is 13.8. The van der Waals surface area contributed by atoms with Crippen LogP contribution in [0.15, 0.2) is 23.1 Å². The molecule has 90 valence electrons. The summed E-state index contributed by atoms with van der Waals surface area (Å²) in [6.45, 7) is 5.55. The van der Waals surface area contributed by atoms with E-state index in [9.17, 15) is 8.42 Å². The molecule has 0 bridgehead atoms. The van der Waals surface area contributed by atoms with Crippen molar-refractivity contribution in [3.63, 3.8) is 0 Å². The van der Waals surface area contributed by atoms with Crippen molar-refractivity contribution >= 4 is 21.4 Å². The molecule has 1 aromatic carbocycles. The van der Waals surface area contributed by atoms with Gasteiger partial charge in [0.1, 0.15) is 0 Å². The number of alkyl halides is 1. The van der Waals surface area contributed by atoms with E-state index in [4.69, 9.17) is 11.6 Å². The average Bonchev–Trinajstić information content (AvgIpc) is 2.20. The molecule has 0 aliphatic heterocycles. The van der Waals surface area contributed by atoms with Crippen molar-refractivity contribution in [1.82, 2.24) is 0 Å². The Morgan fingerprint density at radius 3 is 2.50 bits per heavy atom. The number of rotatable bonds is 4. The van der Waals surface area contributed by atoms with Crippen LogP contribution in [0.4, 0.5) is 0 Å². The fraction of sp³-hybridized carbons (Fsp3) is 0.500. The monoisotopic (exact) mass is 260 g/mol. The van der Waals surface area contributed by atoms with Gasteiger partial charge in [-0.1, -0.05) is 19.1 Å². The van der Waals surface area contributed by atoms with Gasteiger partial charge in [-0.2, -0.15) is 0 Å². The van der Waals surface area contributed by atoms with E-state index in [2.05, 4.69) is 0 Å². The molecule has 0 N–H and O–H groups in total. The highest BCUT2D eigenvalue weighted by atomic mass is 35.5. The number of sulfone groups is 1. The highest BCUT2D eigenvalue weighted by molar-refractivity contribution is 7.91. The first-order chi connectivity index (χ1) is 7.36. The highest BCUT2D eigenvalue weighted by Gasteiger charge is 2.20. The average molecular weight is 261 g/mol. The van der Waals surface area contributed by atoms with Gasteiger partial charge in [0.05, 0.1) is 10.6 Å². The third kappa shape index (κ3) is 3.22. The van der Waals surface area contributed by atoms with Crippen LogP contribution in [0, 0.1) is 19.8 Å². The Morgan fingerprint density at radius 2 is 1.94 bits per heavy atom. The van der Waals surface area contributed by atoms with Crippen molar-refractivity contribution < 1.29 is 8.42 Å². The summed E-state index contributed by atoms with van der Waals surface area (Å²) >= 11 is 5.65. The Bertz CT molecular complexity index is 466. The lowest BCUT2D eigenvalue weighted by molar-refractivity contribution is 0.582. The molecule has 0 saturated carbocycles. The fourth-order valence-corrected chi connectivity index (χ4v) is 3.76. The molecule has 4 heteroatoms. The molecule has 1 atom stereocenters. The van der Waals surface area contributed by atoms with Crippen LogP contribution >= 0.6 is 11.6 Å². The minimum absolute atomic E-state index is 0.0217. The van der Waals surface area contributed by atoms with Gasteiger partial charge in [0, 0.05) is 5.88 Å². The lowest BCUT2D eigenvalue weighted by Crippen LogP contribution is -2.16. The summed E-state index contributed by atoms with van der Waals surface area (Å²) in [6, 6.07) is 5.48. The predicted molar refractivity (Wildman–Crippen MR) is 67.9 cm³/mol. The second-order valence-corrected chi connectivity index (χ2v) is 6.62. The van der Waals surface area contributed by atoms with Crippen LogP contribution in [-0.4, -0.2) is 20.1 Å². The van der Waals surface area contributed by atoms with E-state index in [-0.39, 0.29) is 11.7 Å². The Morgan fingerprint density at radius 1 is 1.31 bits per heavy atom. The first kappa shape index (κ1) is 13.5. The Kier molecular flexibility index (Phi) is 4.39. The van der Waals surface area contributed by atoms with Crippen molar-refractivity contribution in [1.29, 1.82) is 0 Å². The lowest BCUT2D eigenvalue weighted by Gasteiger charge is -2.11. The fourth-order valence-electron chi connectivity index (χ4n) is 1.55. The molecule has 0 spiro atoms. The Hall–Kier alpha value is -0.540. The molecule has 0 amide bonds. The number of aryl methyl sites for hydroxylation is 2. The second kappa shape index (κ2) is 5.19. The molecule has 0 fully saturated rings. The summed E-state index contributed by atoms with van der Waals surface area (Å²) in [5.74, 6) is 0.455. The Labute approximate surface area is 103 Å². The van der Waals surface area contributed by atoms with Crippen molar-refractivity contribution in [2.75, 3.05) is 11.6 Å². The van der Waals surface area contributed by atoms with Crippen molar-refractivity contribution in [2.45, 2.75) is 25.7 Å². The maximum atomic E-state index is 12.1. The Balaban J connectivity index is 3.12. The lowest BCUT2D eigenvalue weighted by atomic mass is 10.2. The molecule has 2 nitrogen and oxygen atoms in total. The van der Waals surface area contributed by atoms with E-state index in [1.807, 2.05) is 32.9 Å². The van der Waals surface area contributed by atoms with Crippen LogP contribution < -0.4 is 0 Å². The van der Waals surface area contributed by atoms with Gasteiger partial charge in [-0.05, 0) is 37.0 Å². The highest BCUT2D eigenvalue weighted by Crippen LogP contribution is 2.20. The van der Waals surface area contributed by atoms with Gasteiger partial charge in [0.15, 0.2) is 9.84 Å². The van der Waals surface area contributed by atoms with Gasteiger partial charge in [0.25, 0.3) is 0 Å². The first-order valence-electron chi connectivity index (χ1n) is 5.23. The van der Waals surface area contributed by atoms with Gasteiger partial charge >= 0.3 is 0 Å². The molecule has 16 heavy (non-hydrogen) atoms. The molecule has 0 aromatic heterocycles. The second-order valence-electron chi connectivity index (χ2n) is 4.31. The van der Waals surface area contributed by atoms with E-state index in [1.165, 1.54) is 0 Å². The van der Waals surface area contributed by atoms with Gasteiger partial charge in [-0.15, -0.1) is 11.6 Å². The van der Waals surface area contributed by atoms with Crippen LogP contribution in [0.1, 0.15) is 18.1 Å². The van der Waals surface area contributed by atoms with Gasteiger partial charge < -0.3 is 0 Å². The van der Waals surface area contributed by atoms with Gasteiger partial charge in [-0.3, -0.25) is 0 Å². The maximum absolute atomic E-state index is 12.1. The van der Waals surface area contributed by atoms with Crippen molar-refractivity contribution in [3.8, 4) is 0 Å². The number of hydrogen-bond donors (Lipinski definition) is 0. The van der Waals surface area contributed by atoms with Crippen LogP contribution in [0.2, 0.25) is 0 Å². The van der Waals surface area contributed by atoms with E-state index < -0.39 is 9.84 Å². The zero-order valence-electron chi connectivity index (χ0n) is 9.83. The van der Waals surface area contributed by atoms with Crippen molar-refractivity contribution in [3.05, 3.63) is 29.3 Å². The SMILES string of the molecule is Cc1ccc(C)c(S(=O)(=O)CC(C)CCl)c1. The van der Waals surface area contributed by atoms with Crippen LogP contribution in [-0.2, 0) is 9.84 Å². The van der Waals surface area contributed by atoms with E-state index >= 15 is 0 Å². The zero-order chi connectivity index (χ0) is 12.3. The van der Waals surface area contributed by atoms with Crippen LogP contribution in [0.5, 0.6) is 0 Å². The third-order valence-electron chi connectivity index (χ3n) is 2.45. The molecule has 1 aromatic rings. The molecule has 0 saturated heterocycles. The maximum Gasteiger partial charge on any atom is 0.178 e. The molecule has 0 radical (unpaired) electrons. The molecule has 0 aliphatic rings. The predicted octanol–water partition coefficient (Wildman–Crippen LogP) is 2.95. The summed E-state index contributed by atoms with van der Waals surface area (Å²) in [5.41, 5.74) is 1.76. The minimum atomic E-state index is -3.21. The van der Waals surface area contributed by atoms with Gasteiger partial charge in [0.2, 0.25) is 0 Å². The quantitative estimate of drug-likeness (QED) is 0.780. The summed E-state index contributed by atoms with van der Waals surface area (Å²) in [6.07, 6.45) is 0. The molecule has 1 unspecified atom stereocenters. The number of hydrogen-bond acceptors (Lipinski definition) is 2. The minimum Gasteiger partial charge on any atom is -0.224 e. The summed E-state index contributed by atoms with van der Waals surface area (Å²) in [4.78, 5) is 0.435. The summed E-state index contributed by atoms with van der Waals surface area (Å²) in [5, 5.41) is 0. The summed E-state index contributed by atoms with van der Waals surface area (Å²) in [7, 11) is -3.21. The summed E-state index contributed by atoms with van der Waals surface area (Å²) < 4.78 is 24.2. The van der Waals surface area contributed by atoms with Crippen molar-refractivity contribution in [2.24, 2.45) is 5.92 Å². The molecule has 0 heterocycles. The van der Waals surface area contributed by atoms with E-state index in [1.54, 1.807) is 6.07 Å². The molecular formula is C12H17ClO2S. The number of benzene rings is 1. The topological polar surface area (TPSA) is 34.1 Å². The van der Waals surface area contributed by atoms with E-state index in [0.29, 0.717) is 10.8 Å². The molecule has 0 aliphatic carbocycles. The first-order valence-corrected chi connectivity index (χ1v) is 7.41. The third-order valence-corrected chi connectivity index (χ3v) is 5.09. The van der Waals surface area contributed by atoms with Gasteiger partial charge in [-0.25, -0.2) is 8.42 Å². The number of halogens is 1. The zero-order valence-corrected chi connectivity index (χ0v) is 11.4. The standard InChI is InChI=1S/C12H17ClO2S/c1-9-4-5-11(3)12(6-9)16(14,15)8-10(2)7-13/h4-6,10H,7-8H2,1-3H3. The van der Waals surface area contributed by atoms with E-state index in [0.717, 1.165) is 11.1 Å². The molecule has 1 rings (SSSR count).